The van der Waals surface area contributed by atoms with E-state index in [0.29, 0.717) is 5.92 Å². The van der Waals surface area contributed by atoms with Gasteiger partial charge in [-0.2, -0.15) is 13.5 Å². The van der Waals surface area contributed by atoms with E-state index in [2.05, 4.69) is 52.0 Å². The van der Waals surface area contributed by atoms with E-state index in [1.165, 1.54) is 11.1 Å². The molecular weight excluding hydrogens is 176 g/mol. The second-order valence-electron chi connectivity index (χ2n) is 3.94. The average molecular weight is 196 g/mol. The predicted molar refractivity (Wildman–Crippen MR) is 64.8 cm³/mol. The summed E-state index contributed by atoms with van der Waals surface area (Å²) in [5, 5.41) is 0. The van der Waals surface area contributed by atoms with Gasteiger partial charge in [-0.3, -0.25) is 0 Å². The van der Waals surface area contributed by atoms with Gasteiger partial charge in [-0.05, 0) is 24.3 Å². The summed E-state index contributed by atoms with van der Waals surface area (Å²) in [7, 11) is 0. The molecule has 0 spiro atoms. The molecule has 1 unspecified atom stereocenters. The predicted octanol–water partition coefficient (Wildman–Crippen LogP) is 3.87. The van der Waals surface area contributed by atoms with Crippen LogP contribution in [0.1, 0.15) is 37.8 Å². The average Bonchev–Trinajstić information content (AvgIpc) is 2.04. The highest BCUT2D eigenvalue weighted by atomic mass is 32.1. The Labute approximate surface area is 88.8 Å². The Morgan fingerprint density at radius 2 is 1.38 bits per heavy atom. The fourth-order valence-corrected chi connectivity index (χ4v) is 1.25. The van der Waals surface area contributed by atoms with E-state index in [4.69, 9.17) is 0 Å². The molecule has 0 nitrogen and oxygen atoms in total. The molecule has 0 radical (unpaired) electrons. The third kappa shape index (κ3) is 3.43. The lowest BCUT2D eigenvalue weighted by atomic mass is 9.90. The highest BCUT2D eigenvalue weighted by Crippen LogP contribution is 2.23. The first-order valence-corrected chi connectivity index (χ1v) is 4.68. The maximum Gasteiger partial charge on any atom is -0.0167 e. The van der Waals surface area contributed by atoms with E-state index in [1.54, 1.807) is 0 Å². The molecule has 13 heavy (non-hydrogen) atoms. The second-order valence-corrected chi connectivity index (χ2v) is 3.94. The highest BCUT2D eigenvalue weighted by Gasteiger charge is 2.08. The molecule has 0 aliphatic carbocycles. The first-order chi connectivity index (χ1) is 5.61. The van der Waals surface area contributed by atoms with Crippen molar-refractivity contribution >= 4 is 13.5 Å². The first-order valence-electron chi connectivity index (χ1n) is 4.68. The lowest BCUT2D eigenvalue weighted by Gasteiger charge is -2.15. The minimum absolute atomic E-state index is 0. The molecule has 74 valence electrons. The van der Waals surface area contributed by atoms with Crippen LogP contribution in [0, 0.1) is 12.8 Å². The van der Waals surface area contributed by atoms with Crippen LogP contribution in [0.15, 0.2) is 24.3 Å². The molecule has 0 N–H and O–H groups in total. The van der Waals surface area contributed by atoms with Gasteiger partial charge in [0.15, 0.2) is 0 Å². The normalized spacial score (nSPS) is 12.4. The summed E-state index contributed by atoms with van der Waals surface area (Å²) in [6.45, 7) is 8.95. The van der Waals surface area contributed by atoms with Crippen LogP contribution in [-0.4, -0.2) is 0 Å². The van der Waals surface area contributed by atoms with Gasteiger partial charge in [0.2, 0.25) is 0 Å². The van der Waals surface area contributed by atoms with Gasteiger partial charge in [0.25, 0.3) is 0 Å². The number of hydrogen-bond donors (Lipinski definition) is 0. The lowest BCUT2D eigenvalue weighted by Crippen LogP contribution is -2.01. The molecule has 0 bridgehead atoms. The molecule has 1 atom stereocenters. The molecule has 1 heteroatoms. The fraction of sp³-hybridized carbons (Fsp3) is 0.500. The third-order valence-electron chi connectivity index (χ3n) is 2.60. The Morgan fingerprint density at radius 1 is 0.923 bits per heavy atom. The standard InChI is InChI=1S/C12H18.H2S/c1-9(2)11(4)12-7-5-10(3)6-8-12;/h5-9,11H,1-4H3;1H2. The van der Waals surface area contributed by atoms with Gasteiger partial charge >= 0.3 is 0 Å². The molecule has 0 aliphatic rings. The van der Waals surface area contributed by atoms with Gasteiger partial charge in [-0.1, -0.05) is 50.6 Å². The summed E-state index contributed by atoms with van der Waals surface area (Å²) >= 11 is 0. The van der Waals surface area contributed by atoms with Crippen LogP contribution in [-0.2, 0) is 0 Å². The molecule has 0 fully saturated rings. The van der Waals surface area contributed by atoms with Crippen LogP contribution in [0.3, 0.4) is 0 Å². The van der Waals surface area contributed by atoms with Crippen LogP contribution < -0.4 is 0 Å². The van der Waals surface area contributed by atoms with Gasteiger partial charge in [-0.15, -0.1) is 0 Å². The van der Waals surface area contributed by atoms with Crippen LogP contribution in [0.4, 0.5) is 0 Å². The molecule has 0 aromatic heterocycles. The summed E-state index contributed by atoms with van der Waals surface area (Å²) in [6.07, 6.45) is 0. The van der Waals surface area contributed by atoms with Crippen molar-refractivity contribution in [3.05, 3.63) is 35.4 Å². The molecule has 1 rings (SSSR count). The molecular formula is C12H20S. The van der Waals surface area contributed by atoms with Crippen molar-refractivity contribution in [2.45, 2.75) is 33.6 Å². The topological polar surface area (TPSA) is 0 Å². The number of rotatable bonds is 2. The molecule has 0 amide bonds. The number of aryl methyl sites for hydroxylation is 1. The largest absolute Gasteiger partial charge is 0.197 e. The summed E-state index contributed by atoms with van der Waals surface area (Å²) in [4.78, 5) is 0. The zero-order valence-electron chi connectivity index (χ0n) is 8.96. The minimum Gasteiger partial charge on any atom is -0.197 e. The van der Waals surface area contributed by atoms with Crippen molar-refractivity contribution in [3.8, 4) is 0 Å². The van der Waals surface area contributed by atoms with Crippen molar-refractivity contribution in [2.75, 3.05) is 0 Å². The van der Waals surface area contributed by atoms with Crippen LogP contribution in [0.25, 0.3) is 0 Å². The number of benzene rings is 1. The molecule has 1 aromatic carbocycles. The minimum atomic E-state index is 0. The summed E-state index contributed by atoms with van der Waals surface area (Å²) in [5.41, 5.74) is 2.80. The molecule has 0 heterocycles. The van der Waals surface area contributed by atoms with Crippen LogP contribution >= 0.6 is 13.5 Å². The fourth-order valence-electron chi connectivity index (χ4n) is 1.25. The van der Waals surface area contributed by atoms with Gasteiger partial charge in [0.05, 0.1) is 0 Å². The SMILES string of the molecule is Cc1ccc(C(C)C(C)C)cc1.S. The monoisotopic (exact) mass is 196 g/mol. The van der Waals surface area contributed by atoms with Crippen molar-refractivity contribution in [1.82, 2.24) is 0 Å². The Bertz CT molecular complexity index is 236. The van der Waals surface area contributed by atoms with E-state index in [9.17, 15) is 0 Å². The van der Waals surface area contributed by atoms with Crippen molar-refractivity contribution in [3.63, 3.8) is 0 Å². The third-order valence-corrected chi connectivity index (χ3v) is 2.60. The maximum atomic E-state index is 2.29. The Morgan fingerprint density at radius 3 is 1.77 bits per heavy atom. The van der Waals surface area contributed by atoms with E-state index < -0.39 is 0 Å². The smallest absolute Gasteiger partial charge is 0.0167 e. The number of hydrogen-bond acceptors (Lipinski definition) is 0. The summed E-state index contributed by atoms with van der Waals surface area (Å²) in [6, 6.07) is 8.85. The van der Waals surface area contributed by atoms with Crippen molar-refractivity contribution < 1.29 is 0 Å². The van der Waals surface area contributed by atoms with Gasteiger partial charge in [0, 0.05) is 0 Å². The Hall–Kier alpha value is -0.430. The molecule has 0 saturated heterocycles. The summed E-state index contributed by atoms with van der Waals surface area (Å²) in [5.74, 6) is 1.40. The maximum absolute atomic E-state index is 2.29. The highest BCUT2D eigenvalue weighted by molar-refractivity contribution is 7.59. The van der Waals surface area contributed by atoms with Crippen LogP contribution in [0.5, 0.6) is 0 Å². The summed E-state index contributed by atoms with van der Waals surface area (Å²) < 4.78 is 0. The van der Waals surface area contributed by atoms with Crippen molar-refractivity contribution in [2.24, 2.45) is 5.92 Å². The van der Waals surface area contributed by atoms with Gasteiger partial charge < -0.3 is 0 Å². The molecule has 0 aliphatic heterocycles. The second kappa shape index (κ2) is 5.33. The van der Waals surface area contributed by atoms with Gasteiger partial charge in [-0.25, -0.2) is 0 Å². The van der Waals surface area contributed by atoms with E-state index >= 15 is 0 Å². The Balaban J connectivity index is 0.00000144. The van der Waals surface area contributed by atoms with Crippen LogP contribution in [0.2, 0.25) is 0 Å². The Kier molecular flexibility index (Phi) is 5.16. The molecule has 0 saturated carbocycles. The van der Waals surface area contributed by atoms with E-state index in [0.717, 1.165) is 5.92 Å². The zero-order chi connectivity index (χ0) is 9.14. The van der Waals surface area contributed by atoms with E-state index in [-0.39, 0.29) is 13.5 Å². The quantitative estimate of drug-likeness (QED) is 0.673. The van der Waals surface area contributed by atoms with Gasteiger partial charge in [0.1, 0.15) is 0 Å². The first kappa shape index (κ1) is 12.6. The molecule has 1 aromatic rings. The lowest BCUT2D eigenvalue weighted by molar-refractivity contribution is 0.535. The van der Waals surface area contributed by atoms with E-state index in [1.807, 2.05) is 0 Å². The zero-order valence-corrected chi connectivity index (χ0v) is 9.96. The van der Waals surface area contributed by atoms with Crippen molar-refractivity contribution in [1.29, 1.82) is 0 Å².